The zero-order valence-electron chi connectivity index (χ0n) is 11.6. The molecule has 0 saturated heterocycles. The molecular weight excluding hydrogens is 336 g/mol. The van der Waals surface area contributed by atoms with Gasteiger partial charge in [-0.25, -0.2) is 9.86 Å². The Morgan fingerprint density at radius 1 is 1.38 bits per heavy atom. The standard InChI is InChI=1S/C9H16NO8PS.Na/c1-20-3-2-7(9(13)14)10(15)8(12)4-6(11)5-19(16,17)18;/h7,15H,2-5H2,1H3,(H,13,14)(H2,16,17,18);/q;+1/p-1. The molecule has 0 aliphatic carbocycles. The number of aliphatic carboxylic acids is 1. The molecule has 0 aliphatic rings. The number of hydrogen-bond donors (Lipinski definition) is 3. The third-order valence-corrected chi connectivity index (χ3v) is 3.55. The molecule has 9 nitrogen and oxygen atoms in total. The van der Waals surface area contributed by atoms with Gasteiger partial charge in [-0.15, -0.1) is 0 Å². The van der Waals surface area contributed by atoms with Crippen molar-refractivity contribution in [2.24, 2.45) is 0 Å². The fourth-order valence-electron chi connectivity index (χ4n) is 1.28. The van der Waals surface area contributed by atoms with Crippen LogP contribution in [0, 0.1) is 0 Å². The first kappa shape index (κ1) is 23.3. The van der Waals surface area contributed by atoms with Crippen molar-refractivity contribution in [2.45, 2.75) is 18.9 Å². The average Bonchev–Trinajstić information content (AvgIpc) is 2.25. The van der Waals surface area contributed by atoms with E-state index in [1.54, 1.807) is 6.26 Å². The van der Waals surface area contributed by atoms with Crippen LogP contribution in [0.2, 0.25) is 0 Å². The number of hydroxylamine groups is 2. The molecule has 2 atom stereocenters. The van der Waals surface area contributed by atoms with Gasteiger partial charge in [0, 0.05) is 0 Å². The quantitative estimate of drug-likeness (QED) is 0.124. The Morgan fingerprint density at radius 2 is 1.90 bits per heavy atom. The number of carboxylic acid groups (broad SMARTS) is 1. The second-order valence-corrected chi connectivity index (χ2v) is 6.46. The van der Waals surface area contributed by atoms with Crippen molar-refractivity contribution in [1.82, 2.24) is 5.06 Å². The summed E-state index contributed by atoms with van der Waals surface area (Å²) in [6.45, 7) is 0. The van der Waals surface area contributed by atoms with E-state index < -0.39 is 43.9 Å². The van der Waals surface area contributed by atoms with Gasteiger partial charge in [0.05, 0.1) is 12.6 Å². The van der Waals surface area contributed by atoms with E-state index in [1.807, 2.05) is 0 Å². The Balaban J connectivity index is 0. The summed E-state index contributed by atoms with van der Waals surface area (Å²) in [4.78, 5) is 52.4. The van der Waals surface area contributed by atoms with Crippen LogP contribution in [-0.4, -0.2) is 62.1 Å². The Bertz CT molecular complexity index is 428. The Morgan fingerprint density at radius 3 is 2.29 bits per heavy atom. The van der Waals surface area contributed by atoms with Crippen molar-refractivity contribution >= 4 is 37.0 Å². The van der Waals surface area contributed by atoms with E-state index in [-0.39, 0.29) is 41.0 Å². The summed E-state index contributed by atoms with van der Waals surface area (Å²) in [5.41, 5.74) is 0. The maximum absolute atomic E-state index is 11.5. The van der Waals surface area contributed by atoms with Crippen LogP contribution in [0.5, 0.6) is 0 Å². The van der Waals surface area contributed by atoms with Crippen LogP contribution in [0.3, 0.4) is 0 Å². The van der Waals surface area contributed by atoms with Crippen LogP contribution in [0.25, 0.3) is 0 Å². The molecule has 12 heteroatoms. The average molecular weight is 351 g/mol. The molecule has 0 spiro atoms. The first-order valence-electron chi connectivity index (χ1n) is 5.35. The Hall–Kier alpha value is 0.0700. The van der Waals surface area contributed by atoms with Gasteiger partial charge in [0.25, 0.3) is 5.91 Å². The molecular formula is C9H15NNaO8PS. The number of amides is 1. The molecule has 0 aromatic rings. The van der Waals surface area contributed by atoms with Crippen molar-refractivity contribution < 1.29 is 68.6 Å². The van der Waals surface area contributed by atoms with Crippen molar-refractivity contribution in [3.8, 4) is 0 Å². The van der Waals surface area contributed by atoms with Gasteiger partial charge < -0.3 is 19.5 Å². The molecule has 0 fully saturated rings. The molecule has 0 aromatic heterocycles. The fourth-order valence-corrected chi connectivity index (χ4v) is 2.30. The van der Waals surface area contributed by atoms with Gasteiger partial charge in [-0.05, 0) is 18.4 Å². The van der Waals surface area contributed by atoms with Crippen LogP contribution in [0.4, 0.5) is 0 Å². The summed E-state index contributed by atoms with van der Waals surface area (Å²) in [7, 11) is -4.84. The van der Waals surface area contributed by atoms with Crippen LogP contribution >= 0.6 is 19.4 Å². The number of nitrogens with zero attached hydrogens (tertiary/aromatic N) is 1. The van der Waals surface area contributed by atoms with Crippen molar-refractivity contribution in [3.63, 3.8) is 0 Å². The van der Waals surface area contributed by atoms with Crippen molar-refractivity contribution in [1.29, 1.82) is 0 Å². The van der Waals surface area contributed by atoms with Crippen LogP contribution in [0.1, 0.15) is 12.8 Å². The number of rotatable bonds is 9. The monoisotopic (exact) mass is 351 g/mol. The van der Waals surface area contributed by atoms with Gasteiger partial charge in [0.2, 0.25) is 0 Å². The molecule has 2 unspecified atom stereocenters. The van der Waals surface area contributed by atoms with Gasteiger partial charge in [0.1, 0.15) is 7.60 Å². The van der Waals surface area contributed by atoms with Crippen LogP contribution < -0.4 is 34.5 Å². The Labute approximate surface area is 147 Å². The second-order valence-electron chi connectivity index (χ2n) is 3.88. The topological polar surface area (TPSA) is 155 Å². The first-order chi connectivity index (χ1) is 9.08. The SMILES string of the molecule is CSCCC(C(=O)O)N(O)C(=O)CC(=O)CP(=O)([O-])O.[Na+]. The summed E-state index contributed by atoms with van der Waals surface area (Å²) < 4.78 is 10.5. The number of carbonyl (C=O) groups excluding carboxylic acids is 2. The van der Waals surface area contributed by atoms with E-state index in [9.17, 15) is 29.0 Å². The predicted octanol–water partition coefficient (Wildman–Crippen LogP) is -4.08. The van der Waals surface area contributed by atoms with Crippen molar-refractivity contribution in [2.75, 3.05) is 18.2 Å². The van der Waals surface area contributed by atoms with Gasteiger partial charge in [0.15, 0.2) is 11.8 Å². The van der Waals surface area contributed by atoms with E-state index >= 15 is 0 Å². The number of thioether (sulfide) groups is 1. The molecule has 1 amide bonds. The minimum absolute atomic E-state index is 0. The molecule has 0 bridgehead atoms. The maximum atomic E-state index is 11.5. The molecule has 0 radical (unpaired) electrons. The minimum Gasteiger partial charge on any atom is -0.778 e. The normalized spacial score (nSPS) is 14.5. The van der Waals surface area contributed by atoms with Crippen molar-refractivity contribution in [3.05, 3.63) is 0 Å². The number of Topliss-reactive ketones (excluding diaryl/α,β-unsaturated/α-hetero) is 1. The van der Waals surface area contributed by atoms with Crippen LogP contribution in [0.15, 0.2) is 0 Å². The van der Waals surface area contributed by atoms with Gasteiger partial charge in [-0.2, -0.15) is 11.8 Å². The molecule has 116 valence electrons. The zero-order chi connectivity index (χ0) is 15.9. The number of carboxylic acids is 1. The maximum Gasteiger partial charge on any atom is 1.00 e. The van der Waals surface area contributed by atoms with Gasteiger partial charge >= 0.3 is 35.5 Å². The zero-order valence-corrected chi connectivity index (χ0v) is 15.3. The van der Waals surface area contributed by atoms with Gasteiger partial charge in [-0.3, -0.25) is 14.8 Å². The summed E-state index contributed by atoms with van der Waals surface area (Å²) in [6.07, 6.45) is -0.576. The molecule has 0 rings (SSSR count). The number of carbonyl (C=O) groups is 3. The van der Waals surface area contributed by atoms with Gasteiger partial charge in [-0.1, -0.05) is 0 Å². The molecule has 0 aromatic carbocycles. The molecule has 21 heavy (non-hydrogen) atoms. The van der Waals surface area contributed by atoms with E-state index in [4.69, 9.17) is 10.00 Å². The van der Waals surface area contributed by atoms with E-state index in [0.29, 0.717) is 5.75 Å². The third-order valence-electron chi connectivity index (χ3n) is 2.16. The molecule has 0 aliphatic heterocycles. The largest absolute Gasteiger partial charge is 1.00 e. The summed E-state index contributed by atoms with van der Waals surface area (Å²) in [5.74, 6) is -3.46. The van der Waals surface area contributed by atoms with Crippen LogP contribution in [-0.2, 0) is 18.9 Å². The Kier molecular flexibility index (Phi) is 11.9. The molecule has 0 saturated carbocycles. The summed E-state index contributed by atoms with van der Waals surface area (Å²) >= 11 is 1.31. The molecule has 0 heterocycles. The predicted molar refractivity (Wildman–Crippen MR) is 67.4 cm³/mol. The smallest absolute Gasteiger partial charge is 0.778 e. The van der Waals surface area contributed by atoms with E-state index in [1.165, 1.54) is 11.8 Å². The first-order valence-corrected chi connectivity index (χ1v) is 8.51. The molecule has 3 N–H and O–H groups in total. The van der Waals surface area contributed by atoms with E-state index in [2.05, 4.69) is 0 Å². The number of hydrogen-bond acceptors (Lipinski definition) is 7. The number of ketones is 1. The summed E-state index contributed by atoms with van der Waals surface area (Å²) in [6, 6.07) is -1.52. The summed E-state index contributed by atoms with van der Waals surface area (Å²) in [5, 5.41) is 18.2. The minimum atomic E-state index is -4.84. The van der Waals surface area contributed by atoms with E-state index in [0.717, 1.165) is 0 Å². The fraction of sp³-hybridized carbons (Fsp3) is 0.667. The third kappa shape index (κ3) is 10.4. The second kappa shape index (κ2) is 10.7.